The molecule has 0 aliphatic carbocycles. The van der Waals surface area contributed by atoms with Crippen molar-refractivity contribution < 1.29 is 24.2 Å². The van der Waals surface area contributed by atoms with Gasteiger partial charge in [-0.1, -0.05) is 61.5 Å². The number of aliphatic hydroxyl groups excluding tert-OH is 1. The SMILES string of the molecule is C[C@H]1CN([C@@H](C)CO)C(=O)c2cc(NC(=O)Nc3ccccc3)ccc2O[C@@H]1CN(C)C(=O)Nc1cccc2ccccc12. The molecule has 10 nitrogen and oxygen atoms in total. The minimum atomic E-state index is -0.473. The lowest BCUT2D eigenvalue weighted by molar-refractivity contribution is 0.0371. The van der Waals surface area contributed by atoms with Crippen molar-refractivity contribution in [2.24, 2.45) is 5.92 Å². The molecule has 1 heterocycles. The van der Waals surface area contributed by atoms with Crippen molar-refractivity contribution in [3.63, 3.8) is 0 Å². The maximum atomic E-state index is 13.7. The Bertz CT molecular complexity index is 1640. The molecule has 3 atom stereocenters. The molecule has 0 aromatic heterocycles. The summed E-state index contributed by atoms with van der Waals surface area (Å²) in [5.74, 6) is -0.164. The van der Waals surface area contributed by atoms with E-state index in [0.717, 1.165) is 10.8 Å². The van der Waals surface area contributed by atoms with Gasteiger partial charge in [-0.25, -0.2) is 9.59 Å². The highest BCUT2D eigenvalue weighted by Crippen LogP contribution is 2.31. The second-order valence-electron chi connectivity index (χ2n) is 11.1. The fraction of sp³-hybridized carbons (Fsp3) is 0.265. The molecule has 0 radical (unpaired) electrons. The van der Waals surface area contributed by atoms with Gasteiger partial charge in [-0.05, 0) is 48.7 Å². The first-order valence-electron chi connectivity index (χ1n) is 14.6. The maximum Gasteiger partial charge on any atom is 0.323 e. The number of hydrogen-bond acceptors (Lipinski definition) is 5. The molecule has 228 valence electrons. The third-order valence-electron chi connectivity index (χ3n) is 7.79. The van der Waals surface area contributed by atoms with Crippen LogP contribution in [0.25, 0.3) is 10.8 Å². The number of fused-ring (bicyclic) bond motifs is 2. The zero-order valence-corrected chi connectivity index (χ0v) is 25.0. The molecular weight excluding hydrogens is 558 g/mol. The summed E-state index contributed by atoms with van der Waals surface area (Å²) in [6.45, 7) is 4.06. The van der Waals surface area contributed by atoms with Crippen LogP contribution in [0.3, 0.4) is 0 Å². The Morgan fingerprint density at radius 2 is 1.66 bits per heavy atom. The third-order valence-corrected chi connectivity index (χ3v) is 7.79. The number of rotatable bonds is 7. The number of likely N-dealkylation sites (N-methyl/N-ethyl adjacent to an activating group) is 1. The van der Waals surface area contributed by atoms with Crippen molar-refractivity contribution in [3.05, 3.63) is 96.6 Å². The van der Waals surface area contributed by atoms with Crippen LogP contribution in [0.5, 0.6) is 5.75 Å². The van der Waals surface area contributed by atoms with E-state index in [2.05, 4.69) is 16.0 Å². The minimum Gasteiger partial charge on any atom is -0.487 e. The number of para-hydroxylation sites is 1. The van der Waals surface area contributed by atoms with E-state index in [9.17, 15) is 19.5 Å². The summed E-state index contributed by atoms with van der Waals surface area (Å²) in [5.41, 5.74) is 2.00. The highest BCUT2D eigenvalue weighted by atomic mass is 16.5. The maximum absolute atomic E-state index is 13.7. The highest BCUT2D eigenvalue weighted by molar-refractivity contribution is 6.03. The molecule has 0 saturated heterocycles. The van der Waals surface area contributed by atoms with Gasteiger partial charge in [0.05, 0.1) is 30.4 Å². The number of urea groups is 2. The van der Waals surface area contributed by atoms with Gasteiger partial charge >= 0.3 is 12.1 Å². The largest absolute Gasteiger partial charge is 0.487 e. The zero-order chi connectivity index (χ0) is 31.2. The first-order valence-corrected chi connectivity index (χ1v) is 14.6. The molecule has 0 fully saturated rings. The number of anilines is 3. The van der Waals surface area contributed by atoms with Crippen LogP contribution in [0.2, 0.25) is 0 Å². The number of hydrogen-bond donors (Lipinski definition) is 4. The smallest absolute Gasteiger partial charge is 0.323 e. The average Bonchev–Trinajstić information content (AvgIpc) is 3.03. The Balaban J connectivity index is 1.36. The number of nitrogens with one attached hydrogen (secondary N) is 3. The number of carbonyl (C=O) groups excluding carboxylic acids is 3. The van der Waals surface area contributed by atoms with Gasteiger partial charge in [-0.15, -0.1) is 0 Å². The second kappa shape index (κ2) is 13.5. The van der Waals surface area contributed by atoms with Gasteiger partial charge in [-0.3, -0.25) is 4.79 Å². The summed E-state index contributed by atoms with van der Waals surface area (Å²) in [6, 6.07) is 26.3. The molecule has 0 unspecified atom stereocenters. The van der Waals surface area contributed by atoms with Crippen molar-refractivity contribution in [2.75, 3.05) is 42.7 Å². The van der Waals surface area contributed by atoms with Crippen LogP contribution in [0.15, 0.2) is 91.0 Å². The average molecular weight is 596 g/mol. The molecule has 1 aliphatic rings. The predicted octanol–water partition coefficient (Wildman–Crippen LogP) is 5.87. The van der Waals surface area contributed by atoms with Crippen LogP contribution < -0.4 is 20.7 Å². The fourth-order valence-corrected chi connectivity index (χ4v) is 5.23. The Labute approximate surface area is 256 Å². The van der Waals surface area contributed by atoms with Crippen LogP contribution in [-0.4, -0.2) is 71.8 Å². The fourth-order valence-electron chi connectivity index (χ4n) is 5.23. The van der Waals surface area contributed by atoms with Crippen molar-refractivity contribution in [1.29, 1.82) is 0 Å². The van der Waals surface area contributed by atoms with Gasteiger partial charge < -0.3 is 35.6 Å². The number of ether oxygens (including phenoxy) is 1. The lowest BCUT2D eigenvalue weighted by Crippen LogP contribution is -2.50. The van der Waals surface area contributed by atoms with E-state index in [-0.39, 0.29) is 36.6 Å². The van der Waals surface area contributed by atoms with Crippen LogP contribution in [-0.2, 0) is 0 Å². The Kier molecular flexibility index (Phi) is 9.30. The molecule has 0 spiro atoms. The van der Waals surface area contributed by atoms with Gasteiger partial charge in [-0.2, -0.15) is 0 Å². The summed E-state index contributed by atoms with van der Waals surface area (Å²) in [5, 5.41) is 20.5. The van der Waals surface area contributed by atoms with Gasteiger partial charge in [0.1, 0.15) is 11.9 Å². The zero-order valence-electron chi connectivity index (χ0n) is 25.0. The van der Waals surface area contributed by atoms with E-state index in [0.29, 0.717) is 29.4 Å². The van der Waals surface area contributed by atoms with Crippen molar-refractivity contribution >= 4 is 45.8 Å². The van der Waals surface area contributed by atoms with Crippen LogP contribution in [0, 0.1) is 5.92 Å². The molecule has 4 N–H and O–H groups in total. The molecule has 44 heavy (non-hydrogen) atoms. The van der Waals surface area contributed by atoms with Crippen LogP contribution in [0.4, 0.5) is 26.7 Å². The third kappa shape index (κ3) is 6.92. The molecule has 1 aliphatic heterocycles. The van der Waals surface area contributed by atoms with Gasteiger partial charge in [0.15, 0.2) is 0 Å². The Hall–Kier alpha value is -5.09. The Morgan fingerprint density at radius 1 is 0.955 bits per heavy atom. The molecule has 10 heteroatoms. The van der Waals surface area contributed by atoms with Gasteiger partial charge in [0, 0.05) is 36.3 Å². The monoisotopic (exact) mass is 595 g/mol. The van der Waals surface area contributed by atoms with E-state index in [1.807, 2.05) is 67.6 Å². The number of nitrogens with zero attached hydrogens (tertiary/aromatic N) is 2. The quantitative estimate of drug-likeness (QED) is 0.213. The number of benzene rings is 4. The van der Waals surface area contributed by atoms with Gasteiger partial charge in [0.25, 0.3) is 5.91 Å². The Morgan fingerprint density at radius 3 is 2.43 bits per heavy atom. The standard InChI is InChI=1S/C34H37N5O5/c1-22-19-39(23(2)21-40)32(41)28-18-26(36-33(42)35-25-12-5-4-6-13-25)16-17-30(28)44-31(22)20-38(3)34(43)37-29-15-9-11-24-10-7-8-14-27(24)29/h4-18,22-23,31,40H,19-21H2,1-3H3,(H,37,43)(H2,35,36,42)/t22-,23-,31+/m0/s1. The lowest BCUT2D eigenvalue weighted by Gasteiger charge is -2.38. The van der Waals surface area contributed by atoms with Gasteiger partial charge in [0.2, 0.25) is 0 Å². The number of carbonyl (C=O) groups is 3. The summed E-state index contributed by atoms with van der Waals surface area (Å²) in [6.07, 6.45) is -0.473. The van der Waals surface area contributed by atoms with E-state index >= 15 is 0 Å². The van der Waals surface area contributed by atoms with Crippen LogP contribution >= 0.6 is 0 Å². The van der Waals surface area contributed by atoms with Crippen molar-refractivity contribution in [2.45, 2.75) is 26.0 Å². The van der Waals surface area contributed by atoms with Crippen LogP contribution in [0.1, 0.15) is 24.2 Å². The summed E-state index contributed by atoms with van der Waals surface area (Å²) >= 11 is 0. The topological polar surface area (TPSA) is 123 Å². The van der Waals surface area contributed by atoms with Crippen molar-refractivity contribution in [3.8, 4) is 5.75 Å². The molecular formula is C34H37N5O5. The van der Waals surface area contributed by atoms with E-state index in [1.54, 1.807) is 54.1 Å². The summed E-state index contributed by atoms with van der Waals surface area (Å²) in [4.78, 5) is 42.9. The highest BCUT2D eigenvalue weighted by Gasteiger charge is 2.34. The van der Waals surface area contributed by atoms with Crippen molar-refractivity contribution in [1.82, 2.24) is 9.80 Å². The van der Waals surface area contributed by atoms with E-state index in [1.165, 1.54) is 0 Å². The molecule has 4 aromatic carbocycles. The first kappa shape index (κ1) is 30.4. The summed E-state index contributed by atoms with van der Waals surface area (Å²) in [7, 11) is 1.70. The first-order chi connectivity index (χ1) is 21.2. The molecule has 0 bridgehead atoms. The van der Waals surface area contributed by atoms with E-state index < -0.39 is 18.2 Å². The predicted molar refractivity (Wildman–Crippen MR) is 172 cm³/mol. The summed E-state index contributed by atoms with van der Waals surface area (Å²) < 4.78 is 6.42. The molecule has 5 amide bonds. The normalized spacial score (nSPS) is 17.0. The lowest BCUT2D eigenvalue weighted by atomic mass is 9.99. The second-order valence-corrected chi connectivity index (χ2v) is 11.1. The molecule has 0 saturated carbocycles. The molecule has 5 rings (SSSR count). The molecule has 4 aromatic rings. The number of aliphatic hydroxyl groups is 1. The number of amides is 5. The minimum absolute atomic E-state index is 0.177. The van der Waals surface area contributed by atoms with E-state index in [4.69, 9.17) is 4.74 Å².